The maximum absolute atomic E-state index is 12.5. The van der Waals surface area contributed by atoms with Crippen LogP contribution in [0.2, 0.25) is 0 Å². The average Bonchev–Trinajstić information content (AvgIpc) is 3.52. The molecule has 2 N–H and O–H groups in total. The molecule has 13 heteroatoms. The van der Waals surface area contributed by atoms with Gasteiger partial charge in [-0.05, 0) is 30.0 Å². The quantitative estimate of drug-likeness (QED) is 0.204. The zero-order valence-electron chi connectivity index (χ0n) is 19.3. The molecule has 10 nitrogen and oxygen atoms in total. The number of carbonyl (C=O) groups is 2. The van der Waals surface area contributed by atoms with Gasteiger partial charge in [0.15, 0.2) is 21.9 Å². The maximum Gasteiger partial charge on any atom is 0.258 e. The Labute approximate surface area is 220 Å². The van der Waals surface area contributed by atoms with Gasteiger partial charge in [0.2, 0.25) is 11.0 Å². The van der Waals surface area contributed by atoms with Gasteiger partial charge in [-0.3, -0.25) is 19.5 Å². The molecule has 4 aromatic rings. The molecular weight excluding hydrogens is 519 g/mol. The fourth-order valence-corrected chi connectivity index (χ4v) is 5.40. The van der Waals surface area contributed by atoms with Crippen molar-refractivity contribution in [2.75, 3.05) is 23.4 Å². The lowest BCUT2D eigenvalue weighted by atomic mass is 10.3. The largest absolute Gasteiger partial charge is 0.484 e. The Hall–Kier alpha value is -3.42. The van der Waals surface area contributed by atoms with Crippen LogP contribution >= 0.6 is 34.9 Å². The minimum absolute atomic E-state index is 0.109. The SMILES string of the molecule is CCSc1nnc(NC(=O)CSc2nnc(CNC(=O)COc3ccccc3)n2-c2ccccc2)s1. The second-order valence-electron chi connectivity index (χ2n) is 7.09. The molecule has 0 bridgehead atoms. The van der Waals surface area contributed by atoms with Crippen molar-refractivity contribution in [3.8, 4) is 11.4 Å². The summed E-state index contributed by atoms with van der Waals surface area (Å²) < 4.78 is 8.12. The Balaban J connectivity index is 1.38. The summed E-state index contributed by atoms with van der Waals surface area (Å²) in [6, 6.07) is 18.6. The highest BCUT2D eigenvalue weighted by Crippen LogP contribution is 2.26. The number of ether oxygens (including phenoxy) is 1. The van der Waals surface area contributed by atoms with E-state index >= 15 is 0 Å². The van der Waals surface area contributed by atoms with Crippen molar-refractivity contribution < 1.29 is 14.3 Å². The summed E-state index contributed by atoms with van der Waals surface area (Å²) in [4.78, 5) is 24.8. The summed E-state index contributed by atoms with van der Waals surface area (Å²) in [6.07, 6.45) is 0. The molecule has 2 heterocycles. The summed E-state index contributed by atoms with van der Waals surface area (Å²) in [5, 5.41) is 23.1. The summed E-state index contributed by atoms with van der Waals surface area (Å²) >= 11 is 4.15. The molecular formula is C23H23N7O3S3. The van der Waals surface area contributed by atoms with Crippen molar-refractivity contribution in [1.29, 1.82) is 0 Å². The third-order valence-electron chi connectivity index (χ3n) is 4.52. The maximum atomic E-state index is 12.5. The van der Waals surface area contributed by atoms with E-state index in [0.717, 1.165) is 15.8 Å². The zero-order chi connectivity index (χ0) is 25.2. The number of benzene rings is 2. The first-order chi connectivity index (χ1) is 17.6. The summed E-state index contributed by atoms with van der Waals surface area (Å²) in [7, 11) is 0. The molecule has 0 saturated carbocycles. The van der Waals surface area contributed by atoms with Gasteiger partial charge in [0.25, 0.3) is 5.91 Å². The van der Waals surface area contributed by atoms with Gasteiger partial charge < -0.3 is 10.1 Å². The Morgan fingerprint density at radius 3 is 2.44 bits per heavy atom. The van der Waals surface area contributed by atoms with Crippen molar-refractivity contribution >= 4 is 51.8 Å². The van der Waals surface area contributed by atoms with Gasteiger partial charge in [0.1, 0.15) is 5.75 Å². The molecule has 2 aromatic heterocycles. The van der Waals surface area contributed by atoms with E-state index in [9.17, 15) is 9.59 Å². The molecule has 0 fully saturated rings. The van der Waals surface area contributed by atoms with Crippen LogP contribution in [-0.2, 0) is 16.1 Å². The first-order valence-electron chi connectivity index (χ1n) is 11.0. The number of rotatable bonds is 12. The number of para-hydroxylation sites is 2. The van der Waals surface area contributed by atoms with Gasteiger partial charge in [-0.1, -0.05) is 78.2 Å². The highest BCUT2D eigenvalue weighted by atomic mass is 32.2. The van der Waals surface area contributed by atoms with Crippen LogP contribution in [0, 0.1) is 0 Å². The minimum Gasteiger partial charge on any atom is -0.484 e. The number of nitrogens with zero attached hydrogens (tertiary/aromatic N) is 5. The Kier molecular flexibility index (Phi) is 9.30. The van der Waals surface area contributed by atoms with E-state index in [-0.39, 0.29) is 30.7 Å². The Morgan fingerprint density at radius 1 is 0.944 bits per heavy atom. The van der Waals surface area contributed by atoms with Crippen molar-refractivity contribution in [1.82, 2.24) is 30.3 Å². The van der Waals surface area contributed by atoms with E-state index in [1.54, 1.807) is 23.9 Å². The first-order valence-corrected chi connectivity index (χ1v) is 13.7. The molecule has 36 heavy (non-hydrogen) atoms. The third kappa shape index (κ3) is 7.29. The van der Waals surface area contributed by atoms with Crippen LogP contribution in [0.1, 0.15) is 12.7 Å². The summed E-state index contributed by atoms with van der Waals surface area (Å²) in [5.41, 5.74) is 0.820. The monoisotopic (exact) mass is 541 g/mol. The lowest BCUT2D eigenvalue weighted by Crippen LogP contribution is -2.29. The molecule has 2 amide bonds. The molecule has 2 aromatic carbocycles. The Bertz CT molecular complexity index is 1280. The van der Waals surface area contributed by atoms with Crippen LogP contribution in [0.3, 0.4) is 0 Å². The van der Waals surface area contributed by atoms with E-state index in [0.29, 0.717) is 21.9 Å². The number of thioether (sulfide) groups is 2. The topological polar surface area (TPSA) is 124 Å². The van der Waals surface area contributed by atoms with Crippen LogP contribution in [-0.4, -0.2) is 54.9 Å². The lowest BCUT2D eigenvalue weighted by molar-refractivity contribution is -0.123. The number of carbonyl (C=O) groups excluding carboxylic acids is 2. The second-order valence-corrected chi connectivity index (χ2v) is 10.5. The molecule has 186 valence electrons. The van der Waals surface area contributed by atoms with E-state index in [1.165, 1.54) is 23.1 Å². The van der Waals surface area contributed by atoms with Gasteiger partial charge in [-0.15, -0.1) is 20.4 Å². The predicted molar refractivity (Wildman–Crippen MR) is 141 cm³/mol. The molecule has 0 aliphatic rings. The third-order valence-corrected chi connectivity index (χ3v) is 7.31. The standard InChI is InChI=1S/C23H23N7O3S3/c1-2-34-23-29-27-21(36-23)25-20(32)15-35-22-28-26-18(30(22)16-9-5-3-6-10-16)13-24-19(31)14-33-17-11-7-4-8-12-17/h3-12H,2,13-15H2,1H3,(H,24,31)(H,25,27,32). The van der Waals surface area contributed by atoms with Crippen molar-refractivity contribution in [2.45, 2.75) is 23.0 Å². The second kappa shape index (κ2) is 13.0. The molecule has 0 radical (unpaired) electrons. The average molecular weight is 542 g/mol. The minimum atomic E-state index is -0.285. The molecule has 0 aliphatic carbocycles. The van der Waals surface area contributed by atoms with Crippen molar-refractivity contribution in [3.05, 3.63) is 66.5 Å². The normalized spacial score (nSPS) is 10.7. The summed E-state index contributed by atoms with van der Waals surface area (Å²) in [6.45, 7) is 2.06. The van der Waals surface area contributed by atoms with Crippen LogP contribution < -0.4 is 15.4 Å². The fourth-order valence-electron chi connectivity index (χ4n) is 2.97. The van der Waals surface area contributed by atoms with E-state index < -0.39 is 0 Å². The molecule has 0 spiro atoms. The number of hydrogen-bond acceptors (Lipinski definition) is 10. The van der Waals surface area contributed by atoms with Gasteiger partial charge in [-0.25, -0.2) is 0 Å². The molecule has 4 rings (SSSR count). The van der Waals surface area contributed by atoms with E-state index in [1.807, 2.05) is 60.0 Å². The van der Waals surface area contributed by atoms with Gasteiger partial charge in [0, 0.05) is 5.69 Å². The van der Waals surface area contributed by atoms with Crippen LogP contribution in [0.4, 0.5) is 5.13 Å². The lowest BCUT2D eigenvalue weighted by Gasteiger charge is -2.11. The zero-order valence-corrected chi connectivity index (χ0v) is 21.7. The van der Waals surface area contributed by atoms with Crippen molar-refractivity contribution in [2.24, 2.45) is 0 Å². The number of hydrogen-bond donors (Lipinski definition) is 2. The number of aromatic nitrogens is 5. The number of anilines is 1. The van der Waals surface area contributed by atoms with Gasteiger partial charge in [-0.2, -0.15) is 0 Å². The van der Waals surface area contributed by atoms with Crippen LogP contribution in [0.15, 0.2) is 70.2 Å². The smallest absolute Gasteiger partial charge is 0.258 e. The number of amides is 2. The van der Waals surface area contributed by atoms with Crippen LogP contribution in [0.5, 0.6) is 5.75 Å². The Morgan fingerprint density at radius 2 is 1.69 bits per heavy atom. The highest BCUT2D eigenvalue weighted by Gasteiger charge is 2.17. The highest BCUT2D eigenvalue weighted by molar-refractivity contribution is 8.01. The van der Waals surface area contributed by atoms with E-state index in [4.69, 9.17) is 4.74 Å². The van der Waals surface area contributed by atoms with Crippen LogP contribution in [0.25, 0.3) is 5.69 Å². The van der Waals surface area contributed by atoms with Gasteiger partial charge >= 0.3 is 0 Å². The van der Waals surface area contributed by atoms with Gasteiger partial charge in [0.05, 0.1) is 12.3 Å². The molecule has 0 aliphatic heterocycles. The molecule has 0 saturated heterocycles. The summed E-state index contributed by atoms with van der Waals surface area (Å²) in [5.74, 6) is 1.63. The first kappa shape index (κ1) is 25.7. The number of nitrogens with one attached hydrogen (secondary N) is 2. The van der Waals surface area contributed by atoms with Crippen molar-refractivity contribution in [3.63, 3.8) is 0 Å². The molecule has 0 atom stereocenters. The fraction of sp³-hybridized carbons (Fsp3) is 0.217. The van der Waals surface area contributed by atoms with E-state index in [2.05, 4.69) is 31.0 Å². The molecule has 0 unspecified atom stereocenters. The predicted octanol–water partition coefficient (Wildman–Crippen LogP) is 3.66.